The molecular formula is C6H15AuNO3P. The Kier molecular flexibility index (Phi) is 21.1. The Balaban J connectivity index is -0.000000142. The summed E-state index contributed by atoms with van der Waals surface area (Å²) < 4.78 is 0. The second-order valence-electron chi connectivity index (χ2n) is 1.84. The van der Waals surface area contributed by atoms with E-state index in [1.165, 1.54) is 18.5 Å². The first kappa shape index (κ1) is 18.2. The van der Waals surface area contributed by atoms with E-state index in [0.29, 0.717) is 7.92 Å². The van der Waals surface area contributed by atoms with Gasteiger partial charge in [-0.25, -0.2) is 0 Å². The van der Waals surface area contributed by atoms with Crippen LogP contribution in [-0.4, -0.2) is 23.6 Å². The average Bonchev–Trinajstić information content (AvgIpc) is 1.90. The van der Waals surface area contributed by atoms with Crippen molar-refractivity contribution >= 4 is 7.92 Å². The van der Waals surface area contributed by atoms with Crippen LogP contribution in [0.1, 0.15) is 20.8 Å². The SMILES string of the molecule is CCP(CC)CC.O=[N+]([O-])[O-].[Au+]. The zero-order valence-electron chi connectivity index (χ0n) is 7.54. The molecule has 6 heteroatoms. The zero-order valence-corrected chi connectivity index (χ0v) is 10.6. The van der Waals surface area contributed by atoms with Crippen molar-refractivity contribution in [2.75, 3.05) is 18.5 Å². The monoisotopic (exact) mass is 377 g/mol. The number of nitrogens with zero attached hydrogens (tertiary/aromatic N) is 1. The van der Waals surface area contributed by atoms with E-state index in [0.717, 1.165) is 0 Å². The summed E-state index contributed by atoms with van der Waals surface area (Å²) >= 11 is 0. The van der Waals surface area contributed by atoms with Crippen LogP contribution in [0.2, 0.25) is 0 Å². The van der Waals surface area contributed by atoms with Crippen molar-refractivity contribution in [3.63, 3.8) is 0 Å². The van der Waals surface area contributed by atoms with Crippen molar-refractivity contribution in [1.29, 1.82) is 0 Å². The fourth-order valence-corrected chi connectivity index (χ4v) is 2.01. The zero-order chi connectivity index (χ0) is 9.28. The Bertz CT molecular complexity index is 91.3. The molecule has 0 unspecified atom stereocenters. The fourth-order valence-electron chi connectivity index (χ4n) is 0.671. The fraction of sp³-hybridized carbons (Fsp3) is 1.00. The Morgan fingerprint density at radius 1 is 1.08 bits per heavy atom. The van der Waals surface area contributed by atoms with Gasteiger partial charge >= 0.3 is 22.4 Å². The van der Waals surface area contributed by atoms with Crippen molar-refractivity contribution in [2.24, 2.45) is 0 Å². The van der Waals surface area contributed by atoms with E-state index in [1.54, 1.807) is 0 Å². The molecule has 12 heavy (non-hydrogen) atoms. The molecule has 0 aromatic heterocycles. The topological polar surface area (TPSA) is 66.2 Å². The van der Waals surface area contributed by atoms with Gasteiger partial charge in [0.2, 0.25) is 0 Å². The van der Waals surface area contributed by atoms with E-state index in [4.69, 9.17) is 15.3 Å². The van der Waals surface area contributed by atoms with Crippen LogP contribution in [0.3, 0.4) is 0 Å². The number of rotatable bonds is 3. The first-order valence-corrected chi connectivity index (χ1v) is 5.52. The molecule has 0 aromatic rings. The van der Waals surface area contributed by atoms with Gasteiger partial charge in [-0.1, -0.05) is 20.8 Å². The molecule has 0 aliphatic heterocycles. The molecule has 0 bridgehead atoms. The minimum Gasteiger partial charge on any atom is -0.356 e. The quantitative estimate of drug-likeness (QED) is 0.328. The maximum atomic E-state index is 8.25. The van der Waals surface area contributed by atoms with Gasteiger partial charge in [-0.05, 0) is 18.5 Å². The smallest absolute Gasteiger partial charge is 0.356 e. The molecule has 0 heterocycles. The molecule has 0 rings (SSSR count). The van der Waals surface area contributed by atoms with Crippen molar-refractivity contribution in [1.82, 2.24) is 0 Å². The Morgan fingerprint density at radius 3 is 1.25 bits per heavy atom. The van der Waals surface area contributed by atoms with Crippen LogP contribution in [0.4, 0.5) is 0 Å². The Morgan fingerprint density at radius 2 is 1.25 bits per heavy atom. The average molecular weight is 377 g/mol. The molecule has 0 aromatic carbocycles. The molecule has 78 valence electrons. The van der Waals surface area contributed by atoms with Gasteiger partial charge in [0.15, 0.2) is 0 Å². The van der Waals surface area contributed by atoms with Crippen LogP contribution in [0, 0.1) is 15.3 Å². The molecular weight excluding hydrogens is 362 g/mol. The van der Waals surface area contributed by atoms with Crippen LogP contribution < -0.4 is 0 Å². The van der Waals surface area contributed by atoms with Crippen LogP contribution in [0.15, 0.2) is 0 Å². The van der Waals surface area contributed by atoms with Gasteiger partial charge < -0.3 is 15.3 Å². The second-order valence-corrected chi connectivity index (χ2v) is 5.08. The van der Waals surface area contributed by atoms with Gasteiger partial charge in [0.05, 0.1) is 5.09 Å². The summed E-state index contributed by atoms with van der Waals surface area (Å²) in [5.41, 5.74) is 0. The molecule has 0 saturated heterocycles. The third-order valence-corrected chi connectivity index (χ3v) is 4.02. The van der Waals surface area contributed by atoms with Gasteiger partial charge in [0.25, 0.3) is 0 Å². The number of hydrogen-bond acceptors (Lipinski definition) is 3. The Labute approximate surface area is 90.1 Å². The normalized spacial score (nSPS) is 8.00. The van der Waals surface area contributed by atoms with Gasteiger partial charge in [-0.3, -0.25) is 0 Å². The molecule has 0 saturated carbocycles. The van der Waals surface area contributed by atoms with Crippen LogP contribution in [0.25, 0.3) is 0 Å². The standard InChI is InChI=1S/C6H15P.Au.NO3/c1-4-7(5-2)6-3;;2-1(3)4/h4-6H2,1-3H3;;/q;+1;-1. The summed E-state index contributed by atoms with van der Waals surface area (Å²) in [4.78, 5) is 8.25. The summed E-state index contributed by atoms with van der Waals surface area (Å²) in [5, 5.41) is 14.8. The van der Waals surface area contributed by atoms with Crippen molar-refractivity contribution < 1.29 is 27.5 Å². The van der Waals surface area contributed by atoms with E-state index in [1.807, 2.05) is 0 Å². The van der Waals surface area contributed by atoms with Gasteiger partial charge in [0, 0.05) is 0 Å². The minimum atomic E-state index is -1.75. The third kappa shape index (κ3) is 22.4. The van der Waals surface area contributed by atoms with Crippen molar-refractivity contribution in [3.8, 4) is 0 Å². The molecule has 0 radical (unpaired) electrons. The van der Waals surface area contributed by atoms with E-state index < -0.39 is 5.09 Å². The predicted molar refractivity (Wildman–Crippen MR) is 48.9 cm³/mol. The second kappa shape index (κ2) is 13.9. The summed E-state index contributed by atoms with van der Waals surface area (Å²) in [6, 6.07) is 0. The summed E-state index contributed by atoms with van der Waals surface area (Å²) in [7, 11) is 0.446. The molecule has 0 atom stereocenters. The molecule has 0 aliphatic carbocycles. The minimum absolute atomic E-state index is 0. The van der Waals surface area contributed by atoms with E-state index >= 15 is 0 Å². The van der Waals surface area contributed by atoms with E-state index in [9.17, 15) is 0 Å². The van der Waals surface area contributed by atoms with Crippen molar-refractivity contribution in [2.45, 2.75) is 20.8 Å². The van der Waals surface area contributed by atoms with Crippen molar-refractivity contribution in [3.05, 3.63) is 15.3 Å². The first-order valence-electron chi connectivity index (χ1n) is 3.62. The first-order chi connectivity index (χ1) is 5.08. The van der Waals surface area contributed by atoms with Crippen LogP contribution in [0.5, 0.6) is 0 Å². The van der Waals surface area contributed by atoms with E-state index in [-0.39, 0.29) is 22.4 Å². The Hall–Kier alpha value is 0.370. The van der Waals surface area contributed by atoms with Crippen LogP contribution in [-0.2, 0) is 22.4 Å². The number of hydrogen-bond donors (Lipinski definition) is 0. The molecule has 0 fully saturated rings. The summed E-state index contributed by atoms with van der Waals surface area (Å²) in [6.07, 6.45) is 4.26. The predicted octanol–water partition coefficient (Wildman–Crippen LogP) is 2.29. The summed E-state index contributed by atoms with van der Waals surface area (Å²) in [6.45, 7) is 6.87. The molecule has 4 nitrogen and oxygen atoms in total. The molecule has 0 aliphatic rings. The maximum Gasteiger partial charge on any atom is 1.00 e. The largest absolute Gasteiger partial charge is 1.00 e. The van der Waals surface area contributed by atoms with E-state index in [2.05, 4.69) is 20.8 Å². The van der Waals surface area contributed by atoms with Crippen LogP contribution >= 0.6 is 7.92 Å². The summed E-state index contributed by atoms with van der Waals surface area (Å²) in [5.74, 6) is 0. The maximum absolute atomic E-state index is 8.25. The third-order valence-electron chi connectivity index (χ3n) is 1.34. The molecule has 0 spiro atoms. The van der Waals surface area contributed by atoms with Gasteiger partial charge in [0.1, 0.15) is 0 Å². The molecule has 0 amide bonds. The van der Waals surface area contributed by atoms with Gasteiger partial charge in [-0.15, -0.1) is 7.92 Å². The molecule has 0 N–H and O–H groups in total. The van der Waals surface area contributed by atoms with Gasteiger partial charge in [-0.2, -0.15) is 0 Å².